The van der Waals surface area contributed by atoms with E-state index in [2.05, 4.69) is 4.98 Å². The molecular formula is C19H13FN2O2. The highest BCUT2D eigenvalue weighted by Crippen LogP contribution is 2.23. The molecule has 0 radical (unpaired) electrons. The maximum absolute atomic E-state index is 13.6. The Morgan fingerprint density at radius 1 is 1.08 bits per heavy atom. The molecule has 0 amide bonds. The van der Waals surface area contributed by atoms with Crippen molar-refractivity contribution in [1.29, 1.82) is 0 Å². The standard InChI is InChI=1S/C19H13FN2O2/c20-14-9-13-7-8-22(18(13)16(10-14)19(23)24)11-15-6-5-12-3-1-2-4-17(12)21-15/h1-10H,11H2,(H,23,24). The molecule has 0 spiro atoms. The van der Waals surface area contributed by atoms with Crippen LogP contribution in [0.2, 0.25) is 0 Å². The van der Waals surface area contributed by atoms with Crippen molar-refractivity contribution in [3.05, 3.63) is 77.9 Å². The molecule has 2 aromatic heterocycles. The van der Waals surface area contributed by atoms with Crippen molar-refractivity contribution >= 4 is 27.8 Å². The Hall–Kier alpha value is -3.21. The fourth-order valence-electron chi connectivity index (χ4n) is 2.98. The van der Waals surface area contributed by atoms with Gasteiger partial charge in [0.05, 0.1) is 28.8 Å². The van der Waals surface area contributed by atoms with Gasteiger partial charge in [-0.2, -0.15) is 0 Å². The van der Waals surface area contributed by atoms with Crippen LogP contribution in [0.1, 0.15) is 16.1 Å². The lowest BCUT2D eigenvalue weighted by molar-refractivity contribution is 0.0698. The summed E-state index contributed by atoms with van der Waals surface area (Å²) >= 11 is 0. The maximum atomic E-state index is 13.6. The Morgan fingerprint density at radius 3 is 2.75 bits per heavy atom. The van der Waals surface area contributed by atoms with Gasteiger partial charge in [-0.1, -0.05) is 24.3 Å². The normalized spacial score (nSPS) is 11.2. The van der Waals surface area contributed by atoms with E-state index in [0.717, 1.165) is 22.7 Å². The summed E-state index contributed by atoms with van der Waals surface area (Å²) in [5.74, 6) is -1.70. The number of pyridine rings is 1. The first kappa shape index (κ1) is 14.4. The first-order valence-corrected chi connectivity index (χ1v) is 7.48. The monoisotopic (exact) mass is 320 g/mol. The van der Waals surface area contributed by atoms with Crippen molar-refractivity contribution in [3.8, 4) is 0 Å². The van der Waals surface area contributed by atoms with E-state index in [1.54, 1.807) is 16.8 Å². The van der Waals surface area contributed by atoms with Gasteiger partial charge in [0, 0.05) is 17.0 Å². The Labute approximate surface area is 136 Å². The van der Waals surface area contributed by atoms with Crippen LogP contribution < -0.4 is 0 Å². The van der Waals surface area contributed by atoms with Gasteiger partial charge in [-0.15, -0.1) is 0 Å². The van der Waals surface area contributed by atoms with Gasteiger partial charge in [0.25, 0.3) is 0 Å². The Bertz CT molecular complexity index is 1090. The van der Waals surface area contributed by atoms with E-state index < -0.39 is 11.8 Å². The Morgan fingerprint density at radius 2 is 1.92 bits per heavy atom. The van der Waals surface area contributed by atoms with Gasteiger partial charge in [-0.05, 0) is 30.3 Å². The molecule has 0 atom stereocenters. The van der Waals surface area contributed by atoms with Crippen LogP contribution in [-0.4, -0.2) is 20.6 Å². The first-order chi connectivity index (χ1) is 11.6. The van der Waals surface area contributed by atoms with Crippen LogP contribution in [0.3, 0.4) is 0 Å². The number of fused-ring (bicyclic) bond motifs is 2. The number of carboxylic acid groups (broad SMARTS) is 1. The van der Waals surface area contributed by atoms with Crippen LogP contribution in [0.15, 0.2) is 60.8 Å². The fraction of sp³-hybridized carbons (Fsp3) is 0.0526. The number of carboxylic acids is 1. The topological polar surface area (TPSA) is 55.1 Å². The number of halogens is 1. The molecule has 0 unspecified atom stereocenters. The third-order valence-corrected chi connectivity index (χ3v) is 4.04. The van der Waals surface area contributed by atoms with Crippen LogP contribution in [0, 0.1) is 5.82 Å². The van der Waals surface area contributed by atoms with Gasteiger partial charge < -0.3 is 9.67 Å². The number of benzene rings is 2. The van der Waals surface area contributed by atoms with Crippen LogP contribution in [-0.2, 0) is 6.54 Å². The number of nitrogens with zero attached hydrogens (tertiary/aromatic N) is 2. The second-order valence-electron chi connectivity index (χ2n) is 5.64. The highest BCUT2D eigenvalue weighted by Gasteiger charge is 2.15. The van der Waals surface area contributed by atoms with Gasteiger partial charge in [-0.3, -0.25) is 4.98 Å². The van der Waals surface area contributed by atoms with Gasteiger partial charge in [0.1, 0.15) is 5.82 Å². The van der Waals surface area contributed by atoms with Crippen molar-refractivity contribution in [1.82, 2.24) is 9.55 Å². The van der Waals surface area contributed by atoms with Crippen molar-refractivity contribution in [2.24, 2.45) is 0 Å². The molecule has 0 saturated heterocycles. The van der Waals surface area contributed by atoms with Gasteiger partial charge in [0.15, 0.2) is 0 Å². The second kappa shape index (κ2) is 5.45. The lowest BCUT2D eigenvalue weighted by atomic mass is 10.1. The minimum atomic E-state index is -1.15. The third-order valence-electron chi connectivity index (χ3n) is 4.04. The highest BCUT2D eigenvalue weighted by molar-refractivity contribution is 6.02. The van der Waals surface area contributed by atoms with E-state index >= 15 is 0 Å². The summed E-state index contributed by atoms with van der Waals surface area (Å²) in [7, 11) is 0. The molecule has 2 aromatic carbocycles. The molecular weight excluding hydrogens is 307 g/mol. The summed E-state index contributed by atoms with van der Waals surface area (Å²) in [6.45, 7) is 0.417. The smallest absolute Gasteiger partial charge is 0.337 e. The second-order valence-corrected chi connectivity index (χ2v) is 5.64. The zero-order valence-electron chi connectivity index (χ0n) is 12.6. The Kier molecular flexibility index (Phi) is 3.27. The lowest BCUT2D eigenvalue weighted by Crippen LogP contribution is -2.06. The number of aromatic nitrogens is 2. The maximum Gasteiger partial charge on any atom is 0.337 e. The molecule has 5 heteroatoms. The molecule has 24 heavy (non-hydrogen) atoms. The highest BCUT2D eigenvalue weighted by atomic mass is 19.1. The lowest BCUT2D eigenvalue weighted by Gasteiger charge is -2.08. The number of hydrogen-bond donors (Lipinski definition) is 1. The molecule has 0 bridgehead atoms. The van der Waals surface area contributed by atoms with Crippen LogP contribution in [0.4, 0.5) is 4.39 Å². The quantitative estimate of drug-likeness (QED) is 0.619. The molecule has 118 valence electrons. The van der Waals surface area contributed by atoms with Crippen LogP contribution in [0.25, 0.3) is 21.8 Å². The zero-order chi connectivity index (χ0) is 16.7. The first-order valence-electron chi connectivity index (χ1n) is 7.48. The van der Waals surface area contributed by atoms with Crippen LogP contribution in [0.5, 0.6) is 0 Å². The minimum Gasteiger partial charge on any atom is -0.478 e. The molecule has 0 aliphatic carbocycles. The van der Waals surface area contributed by atoms with Crippen molar-refractivity contribution in [2.75, 3.05) is 0 Å². The zero-order valence-corrected chi connectivity index (χ0v) is 12.6. The molecule has 4 aromatic rings. The number of para-hydroxylation sites is 1. The third kappa shape index (κ3) is 2.40. The van der Waals surface area contributed by atoms with Crippen molar-refractivity contribution < 1.29 is 14.3 Å². The van der Waals surface area contributed by atoms with Gasteiger partial charge >= 0.3 is 5.97 Å². The van der Waals surface area contributed by atoms with E-state index in [9.17, 15) is 14.3 Å². The van der Waals surface area contributed by atoms with E-state index in [1.807, 2.05) is 36.4 Å². The number of rotatable bonds is 3. The summed E-state index contributed by atoms with van der Waals surface area (Å²) in [6.07, 6.45) is 1.76. The summed E-state index contributed by atoms with van der Waals surface area (Å²) in [5.41, 5.74) is 2.15. The minimum absolute atomic E-state index is 0.0456. The van der Waals surface area contributed by atoms with E-state index in [4.69, 9.17) is 0 Å². The molecule has 0 aliphatic heterocycles. The molecule has 4 nitrogen and oxygen atoms in total. The molecule has 0 saturated carbocycles. The molecule has 0 fully saturated rings. The summed E-state index contributed by atoms with van der Waals surface area (Å²) < 4.78 is 15.4. The van der Waals surface area contributed by atoms with Gasteiger partial charge in [-0.25, -0.2) is 9.18 Å². The average molecular weight is 320 g/mol. The fourth-order valence-corrected chi connectivity index (χ4v) is 2.98. The summed E-state index contributed by atoms with van der Waals surface area (Å²) in [4.78, 5) is 16.1. The van der Waals surface area contributed by atoms with Crippen molar-refractivity contribution in [2.45, 2.75) is 6.54 Å². The SMILES string of the molecule is O=C(O)c1cc(F)cc2ccn(Cc3ccc4ccccc4n3)c12. The van der Waals surface area contributed by atoms with Gasteiger partial charge in [0.2, 0.25) is 0 Å². The number of carbonyl (C=O) groups is 1. The predicted octanol–water partition coefficient (Wildman–Crippen LogP) is 4.08. The van der Waals surface area contributed by atoms with E-state index in [-0.39, 0.29) is 5.56 Å². The molecule has 2 heterocycles. The largest absolute Gasteiger partial charge is 0.478 e. The summed E-state index contributed by atoms with van der Waals surface area (Å²) in [6, 6.07) is 15.8. The molecule has 4 rings (SSSR count). The number of hydrogen-bond acceptors (Lipinski definition) is 2. The molecule has 0 aliphatic rings. The average Bonchev–Trinajstić information content (AvgIpc) is 2.96. The summed E-state index contributed by atoms with van der Waals surface area (Å²) in [5, 5.41) is 11.0. The number of aromatic carboxylic acids is 1. The predicted molar refractivity (Wildman–Crippen MR) is 89.7 cm³/mol. The van der Waals surface area contributed by atoms with Crippen LogP contribution >= 0.6 is 0 Å². The van der Waals surface area contributed by atoms with E-state index in [1.165, 1.54) is 6.07 Å². The van der Waals surface area contributed by atoms with Crippen molar-refractivity contribution in [3.63, 3.8) is 0 Å². The van der Waals surface area contributed by atoms with E-state index in [0.29, 0.717) is 17.4 Å². The molecule has 1 N–H and O–H groups in total. The Balaban J connectivity index is 1.82.